The molecule has 0 radical (unpaired) electrons. The summed E-state index contributed by atoms with van der Waals surface area (Å²) in [4.78, 5) is 11.7. The van der Waals surface area contributed by atoms with Crippen molar-refractivity contribution in [3.8, 4) is 6.07 Å². The highest BCUT2D eigenvalue weighted by Crippen LogP contribution is 2.19. The third-order valence-corrected chi connectivity index (χ3v) is 2.68. The van der Waals surface area contributed by atoms with Gasteiger partial charge in [-0.15, -0.1) is 0 Å². The third-order valence-electron chi connectivity index (χ3n) is 2.68. The molecule has 0 aliphatic heterocycles. The monoisotopic (exact) mass is 214 g/mol. The Bertz CT molecular complexity index is 404. The molecule has 2 rings (SSSR count). The summed E-state index contributed by atoms with van der Waals surface area (Å²) >= 11 is 0. The Morgan fingerprint density at radius 2 is 2.12 bits per heavy atom. The van der Waals surface area contributed by atoms with E-state index >= 15 is 0 Å². The SMILES string of the molecule is N#CC(Cc1ccccc1)C(=O)NC1CC1. The average Bonchev–Trinajstić information content (AvgIpc) is 3.11. The number of rotatable bonds is 4. The van der Waals surface area contributed by atoms with Gasteiger partial charge in [-0.1, -0.05) is 30.3 Å². The maximum Gasteiger partial charge on any atom is 0.237 e. The lowest BCUT2D eigenvalue weighted by atomic mass is 10.00. The zero-order chi connectivity index (χ0) is 11.4. The number of nitrogens with one attached hydrogen (secondary N) is 1. The summed E-state index contributed by atoms with van der Waals surface area (Å²) in [6, 6.07) is 12.0. The van der Waals surface area contributed by atoms with Gasteiger partial charge in [0.15, 0.2) is 0 Å². The van der Waals surface area contributed by atoms with Crippen molar-refractivity contribution in [2.75, 3.05) is 0 Å². The maximum absolute atomic E-state index is 11.7. The summed E-state index contributed by atoms with van der Waals surface area (Å²) in [5.41, 5.74) is 1.03. The van der Waals surface area contributed by atoms with Gasteiger partial charge < -0.3 is 5.32 Å². The zero-order valence-corrected chi connectivity index (χ0v) is 9.02. The molecule has 1 aromatic carbocycles. The predicted molar refractivity (Wildman–Crippen MR) is 60.4 cm³/mol. The minimum Gasteiger partial charge on any atom is -0.352 e. The van der Waals surface area contributed by atoms with Crippen molar-refractivity contribution in [1.82, 2.24) is 5.32 Å². The molecule has 1 fully saturated rings. The van der Waals surface area contributed by atoms with Gasteiger partial charge in [0.25, 0.3) is 0 Å². The molecule has 0 spiro atoms. The van der Waals surface area contributed by atoms with Crippen molar-refractivity contribution in [3.63, 3.8) is 0 Å². The molecule has 1 N–H and O–H groups in total. The molecule has 82 valence electrons. The van der Waals surface area contributed by atoms with Crippen LogP contribution in [0.3, 0.4) is 0 Å². The Balaban J connectivity index is 1.95. The largest absolute Gasteiger partial charge is 0.352 e. The van der Waals surface area contributed by atoms with Crippen LogP contribution in [0.4, 0.5) is 0 Å². The molecule has 16 heavy (non-hydrogen) atoms. The van der Waals surface area contributed by atoms with Crippen molar-refractivity contribution >= 4 is 5.91 Å². The zero-order valence-electron chi connectivity index (χ0n) is 9.02. The number of nitrogens with zero attached hydrogens (tertiary/aromatic N) is 1. The minimum atomic E-state index is -0.567. The molecule has 1 saturated carbocycles. The number of carbonyl (C=O) groups is 1. The molecule has 3 heteroatoms. The summed E-state index contributed by atoms with van der Waals surface area (Å²) in [6.45, 7) is 0. The Kier molecular flexibility index (Phi) is 3.21. The summed E-state index contributed by atoms with van der Waals surface area (Å²) in [7, 11) is 0. The molecule has 0 bridgehead atoms. The van der Waals surface area contributed by atoms with Gasteiger partial charge in [0, 0.05) is 6.04 Å². The first-order chi connectivity index (χ1) is 7.79. The van der Waals surface area contributed by atoms with E-state index in [9.17, 15) is 4.79 Å². The number of nitriles is 1. The highest BCUT2D eigenvalue weighted by molar-refractivity contribution is 5.81. The lowest BCUT2D eigenvalue weighted by molar-refractivity contribution is -0.123. The van der Waals surface area contributed by atoms with Crippen molar-refractivity contribution in [2.45, 2.75) is 25.3 Å². The van der Waals surface area contributed by atoms with Crippen molar-refractivity contribution < 1.29 is 4.79 Å². The van der Waals surface area contributed by atoms with Gasteiger partial charge in [0.1, 0.15) is 5.92 Å². The second-order valence-electron chi connectivity index (χ2n) is 4.15. The summed E-state index contributed by atoms with van der Waals surface area (Å²) in [6.07, 6.45) is 2.60. The summed E-state index contributed by atoms with van der Waals surface area (Å²) in [5, 5.41) is 11.8. The third kappa shape index (κ3) is 2.83. The molecular formula is C13H14N2O. The fraction of sp³-hybridized carbons (Fsp3) is 0.385. The highest BCUT2D eigenvalue weighted by atomic mass is 16.1. The molecule has 1 atom stereocenters. The van der Waals surface area contributed by atoms with Crippen molar-refractivity contribution in [1.29, 1.82) is 5.26 Å². The standard InChI is InChI=1S/C13H14N2O/c14-9-11(13(16)15-12-6-7-12)8-10-4-2-1-3-5-10/h1-5,11-12H,6-8H2,(H,15,16). The normalized spacial score (nSPS) is 16.2. The lowest BCUT2D eigenvalue weighted by Gasteiger charge is -2.09. The Labute approximate surface area is 95.1 Å². The van der Waals surface area contributed by atoms with E-state index in [4.69, 9.17) is 5.26 Å². The number of benzene rings is 1. The van der Waals surface area contributed by atoms with Crippen molar-refractivity contribution in [3.05, 3.63) is 35.9 Å². The molecule has 1 aliphatic rings. The first-order valence-corrected chi connectivity index (χ1v) is 5.53. The first-order valence-electron chi connectivity index (χ1n) is 5.53. The van der Waals surface area contributed by atoms with Crippen LogP contribution in [0.15, 0.2) is 30.3 Å². The van der Waals surface area contributed by atoms with E-state index < -0.39 is 5.92 Å². The number of hydrogen-bond donors (Lipinski definition) is 1. The Hall–Kier alpha value is -1.82. The van der Waals surface area contributed by atoms with Crippen LogP contribution >= 0.6 is 0 Å². The number of carbonyl (C=O) groups excluding carboxylic acids is 1. The van der Waals surface area contributed by atoms with Crippen LogP contribution in [0.1, 0.15) is 18.4 Å². The minimum absolute atomic E-state index is 0.131. The molecule has 0 aromatic heterocycles. The quantitative estimate of drug-likeness (QED) is 0.828. The van der Waals surface area contributed by atoms with E-state index in [1.165, 1.54) is 0 Å². The summed E-state index contributed by atoms with van der Waals surface area (Å²) < 4.78 is 0. The van der Waals surface area contributed by atoms with Gasteiger partial charge in [0.05, 0.1) is 6.07 Å². The van der Waals surface area contributed by atoms with Crippen LogP contribution in [0, 0.1) is 17.2 Å². The van der Waals surface area contributed by atoms with Gasteiger partial charge in [-0.2, -0.15) is 5.26 Å². The number of amides is 1. The average molecular weight is 214 g/mol. The fourth-order valence-corrected chi connectivity index (χ4v) is 1.58. The van der Waals surface area contributed by atoms with Gasteiger partial charge in [-0.05, 0) is 24.8 Å². The summed E-state index contributed by atoms with van der Waals surface area (Å²) in [5.74, 6) is -0.697. The smallest absolute Gasteiger partial charge is 0.237 e. The van der Waals surface area contributed by atoms with E-state index in [1.54, 1.807) is 0 Å². The van der Waals surface area contributed by atoms with Gasteiger partial charge in [-0.25, -0.2) is 0 Å². The molecule has 1 amide bonds. The van der Waals surface area contributed by atoms with E-state index in [-0.39, 0.29) is 5.91 Å². The van der Waals surface area contributed by atoms with Gasteiger partial charge in [0.2, 0.25) is 5.91 Å². The van der Waals surface area contributed by atoms with E-state index in [2.05, 4.69) is 11.4 Å². The van der Waals surface area contributed by atoms with E-state index in [1.807, 2.05) is 30.3 Å². The van der Waals surface area contributed by atoms with Crippen LogP contribution in [-0.2, 0) is 11.2 Å². The molecule has 1 aromatic rings. The van der Waals surface area contributed by atoms with Crippen LogP contribution in [0.25, 0.3) is 0 Å². The Morgan fingerprint density at radius 1 is 1.44 bits per heavy atom. The van der Waals surface area contributed by atoms with Gasteiger partial charge in [-0.3, -0.25) is 4.79 Å². The second kappa shape index (κ2) is 4.80. The van der Waals surface area contributed by atoms with Crippen LogP contribution < -0.4 is 5.32 Å². The Morgan fingerprint density at radius 3 is 2.69 bits per heavy atom. The van der Waals surface area contributed by atoms with Crippen LogP contribution in [0.5, 0.6) is 0 Å². The first kappa shape index (κ1) is 10.7. The van der Waals surface area contributed by atoms with E-state index in [0.29, 0.717) is 12.5 Å². The second-order valence-corrected chi connectivity index (χ2v) is 4.15. The molecular weight excluding hydrogens is 200 g/mol. The topological polar surface area (TPSA) is 52.9 Å². The molecule has 3 nitrogen and oxygen atoms in total. The molecule has 0 heterocycles. The number of hydrogen-bond acceptors (Lipinski definition) is 2. The van der Waals surface area contributed by atoms with Crippen molar-refractivity contribution in [2.24, 2.45) is 5.92 Å². The molecule has 1 unspecified atom stereocenters. The predicted octanol–water partition coefficient (Wildman–Crippen LogP) is 1.65. The van der Waals surface area contributed by atoms with E-state index in [0.717, 1.165) is 18.4 Å². The maximum atomic E-state index is 11.7. The molecule has 0 saturated heterocycles. The molecule has 1 aliphatic carbocycles. The van der Waals surface area contributed by atoms with Gasteiger partial charge >= 0.3 is 0 Å². The lowest BCUT2D eigenvalue weighted by Crippen LogP contribution is -2.32. The van der Waals surface area contributed by atoms with Crippen LogP contribution in [0.2, 0.25) is 0 Å². The highest BCUT2D eigenvalue weighted by Gasteiger charge is 2.27. The fourth-order valence-electron chi connectivity index (χ4n) is 1.58. The van der Waals surface area contributed by atoms with Crippen LogP contribution in [-0.4, -0.2) is 11.9 Å².